The van der Waals surface area contributed by atoms with Crippen LogP contribution in [0.4, 0.5) is 42.5 Å². The van der Waals surface area contributed by atoms with Crippen molar-refractivity contribution in [3.05, 3.63) is 231 Å². The number of benzene rings is 5. The van der Waals surface area contributed by atoms with Crippen LogP contribution >= 0.6 is 0 Å². The molecule has 0 aliphatic carbocycles. The van der Waals surface area contributed by atoms with E-state index in [1.165, 1.54) is 18.2 Å². The Labute approximate surface area is 539 Å². The molecular formula is C71H63F3N16O4. The van der Waals surface area contributed by atoms with Gasteiger partial charge >= 0.3 is 0 Å². The number of pyridine rings is 1. The van der Waals surface area contributed by atoms with E-state index in [9.17, 15) is 13.2 Å². The number of nitrogens with one attached hydrogen (secondary N) is 3. The molecule has 5 aromatic carbocycles. The molecule has 3 N–H and O–H groups in total. The number of halogens is 3. The lowest BCUT2D eigenvalue weighted by Crippen LogP contribution is -2.19. The molecule has 94 heavy (non-hydrogen) atoms. The van der Waals surface area contributed by atoms with Gasteiger partial charge in [0.05, 0.1) is 43.5 Å². The fraction of sp³-hybridized carbons (Fsp3) is 0.225. The quantitative estimate of drug-likeness (QED) is 0.0775. The van der Waals surface area contributed by atoms with Crippen LogP contribution < -0.4 is 34.9 Å². The Hall–Kier alpha value is -11.6. The molecule has 0 atom stereocenters. The first-order valence-corrected chi connectivity index (χ1v) is 30.5. The van der Waals surface area contributed by atoms with Gasteiger partial charge in [0.15, 0.2) is 5.69 Å². The highest BCUT2D eigenvalue weighted by atomic mass is 19.1. The Morgan fingerprint density at radius 1 is 0.521 bits per heavy atom. The number of nitrogens with zero attached hydrogens (tertiary/aromatic N) is 13. The minimum atomic E-state index is -0.259. The highest BCUT2D eigenvalue weighted by molar-refractivity contribution is 5.87. The van der Waals surface area contributed by atoms with Gasteiger partial charge in [-0.05, 0) is 112 Å². The molecule has 472 valence electrons. The van der Waals surface area contributed by atoms with Gasteiger partial charge in [0.25, 0.3) is 5.82 Å². The first kappa shape index (κ1) is 61.3. The summed E-state index contributed by atoms with van der Waals surface area (Å²) >= 11 is 0. The summed E-state index contributed by atoms with van der Waals surface area (Å²) in [7, 11) is 4.04. The third-order valence-corrected chi connectivity index (χ3v) is 16.4. The molecule has 20 nitrogen and oxygen atoms in total. The van der Waals surface area contributed by atoms with Crippen LogP contribution in [0, 0.1) is 51.4 Å². The highest BCUT2D eigenvalue weighted by Gasteiger charge is 2.24. The molecule has 0 radical (unpaired) electrons. The number of ether oxygens (including phenoxy) is 4. The van der Waals surface area contributed by atoms with E-state index in [0.717, 1.165) is 102 Å². The van der Waals surface area contributed by atoms with Crippen molar-refractivity contribution in [1.82, 2.24) is 53.0 Å². The summed E-state index contributed by atoms with van der Waals surface area (Å²) in [5, 5.41) is 9.80. The predicted molar refractivity (Wildman–Crippen MR) is 353 cm³/mol. The third kappa shape index (κ3) is 12.6. The normalized spacial score (nSPS) is 12.5. The lowest BCUT2D eigenvalue weighted by Gasteiger charge is -2.13. The molecule has 15 rings (SSSR count). The molecule has 0 unspecified atom stereocenters. The Bertz CT molecular complexity index is 4940. The van der Waals surface area contributed by atoms with Gasteiger partial charge in [-0.3, -0.25) is 13.2 Å². The number of hydrogen-bond donors (Lipinski definition) is 3. The summed E-state index contributed by atoms with van der Waals surface area (Å²) in [5.74, 6) is 4.37. The molecule has 7 aromatic heterocycles. The number of aryl methyl sites for hydroxylation is 3. The van der Waals surface area contributed by atoms with Gasteiger partial charge < -0.3 is 44.6 Å². The van der Waals surface area contributed by atoms with Crippen molar-refractivity contribution in [3.8, 4) is 56.4 Å². The van der Waals surface area contributed by atoms with Gasteiger partial charge in [0, 0.05) is 133 Å². The van der Waals surface area contributed by atoms with E-state index in [2.05, 4.69) is 60.4 Å². The third-order valence-electron chi connectivity index (χ3n) is 16.4. The van der Waals surface area contributed by atoms with Crippen LogP contribution in [0.2, 0.25) is 0 Å². The minimum Gasteiger partial charge on any atom is -0.493 e. The van der Waals surface area contributed by atoms with Crippen LogP contribution in [0.5, 0.6) is 23.0 Å². The van der Waals surface area contributed by atoms with E-state index in [1.807, 2.05) is 115 Å². The number of hydrogen-bond acceptors (Lipinski definition) is 15. The van der Waals surface area contributed by atoms with Crippen molar-refractivity contribution in [1.29, 1.82) is 0 Å². The van der Waals surface area contributed by atoms with Crippen molar-refractivity contribution < 1.29 is 32.1 Å². The number of rotatable bonds is 16. The first-order chi connectivity index (χ1) is 45.8. The van der Waals surface area contributed by atoms with Crippen LogP contribution in [0.25, 0.3) is 60.0 Å². The van der Waals surface area contributed by atoms with E-state index in [1.54, 1.807) is 55.1 Å². The van der Waals surface area contributed by atoms with Gasteiger partial charge in [0.1, 0.15) is 70.2 Å². The topological polar surface area (TPSA) is 188 Å². The molecule has 0 amide bonds. The maximum absolute atomic E-state index is 14.6. The largest absolute Gasteiger partial charge is 0.493 e. The lowest BCUT2D eigenvalue weighted by molar-refractivity contribution is 0.261. The predicted octanol–water partition coefficient (Wildman–Crippen LogP) is 13.6. The first-order valence-electron chi connectivity index (χ1n) is 30.5. The van der Waals surface area contributed by atoms with E-state index >= 15 is 0 Å². The van der Waals surface area contributed by atoms with Crippen molar-refractivity contribution in [3.63, 3.8) is 0 Å². The highest BCUT2D eigenvalue weighted by Crippen LogP contribution is 2.37. The van der Waals surface area contributed by atoms with Gasteiger partial charge in [-0.2, -0.15) is 0 Å². The Morgan fingerprint density at radius 3 is 1.43 bits per heavy atom. The van der Waals surface area contributed by atoms with Crippen molar-refractivity contribution >= 4 is 46.3 Å². The zero-order valence-corrected chi connectivity index (χ0v) is 52.1. The second-order valence-corrected chi connectivity index (χ2v) is 22.9. The van der Waals surface area contributed by atoms with E-state index in [-0.39, 0.29) is 30.5 Å². The molecule has 3 aliphatic rings. The summed E-state index contributed by atoms with van der Waals surface area (Å²) < 4.78 is 71.6. The summed E-state index contributed by atoms with van der Waals surface area (Å²) in [6, 6.07) is 28.3. The maximum Gasteiger partial charge on any atom is 0.270 e. The summed E-state index contributed by atoms with van der Waals surface area (Å²) in [4.78, 5) is 40.9. The number of likely N-dealkylation sites (N-methyl/N-ethyl adjacent to an activating group) is 1. The maximum atomic E-state index is 14.6. The zero-order chi connectivity index (χ0) is 65.0. The van der Waals surface area contributed by atoms with E-state index in [4.69, 9.17) is 37.1 Å². The molecule has 12 aromatic rings. The van der Waals surface area contributed by atoms with Crippen LogP contribution in [-0.4, -0.2) is 100 Å². The van der Waals surface area contributed by atoms with Gasteiger partial charge in [-0.1, -0.05) is 43.0 Å². The minimum absolute atomic E-state index is 0.237. The average molecular weight is 1260 g/mol. The molecule has 0 bridgehead atoms. The van der Waals surface area contributed by atoms with Gasteiger partial charge in [0.2, 0.25) is 17.8 Å². The van der Waals surface area contributed by atoms with Crippen molar-refractivity contribution in [2.45, 2.75) is 59.7 Å². The molecule has 23 heteroatoms. The fourth-order valence-electron chi connectivity index (χ4n) is 11.8. The van der Waals surface area contributed by atoms with E-state index in [0.29, 0.717) is 110 Å². The standard InChI is InChI=1S/C26H28FN5O2.C23H18FN5O.C22H17FN6O/c1-17-16-32-25(30-17)21(18-4-6-19(7-5-18)33-13-11-31(2)3)14-28-26(32)29-15-22-20-10-12-34-24(20)9-8-23(22)27;1-14-13-29-22(28-14)18(15-5-3-4-6-20(15)25-2)12-27-23(29)26-11-17-16-9-10-30-21(16)8-7-19(17)24;1-13-12-29-21(28-13)16(14-5-7-25-20(9-14)24-2)10-26-22(29)27-11-17-15-6-8-30-19(15)4-3-18(17)23/h4-9,14,16H,10-13,15H2,1-3H3,(H,28,29);3-8,12-13H,9-11H2,1H3,(H,26,27);3-5,7,9-10,12H,6,8,11H2,1H3,(H,26,27). The zero-order valence-electron chi connectivity index (χ0n) is 52.1. The average Bonchev–Trinajstić information content (AvgIpc) is 1.58. The SMILES string of the molecule is Cc1cn2c(NCc3c(F)ccc4c3CCO4)ncc(-c3ccc(OCCN(C)C)cc3)c2n1.[C-]#[N+]c1cc(-c2cnc(NCc3c(F)ccc4c3CCO4)n3cc(C)nc23)ccn1.[C-]#[N+]c1ccccc1-c1cnc(NCc2c(F)ccc3c2CCO3)n2cc(C)nc12. The number of anilines is 3. The van der Waals surface area contributed by atoms with Crippen LogP contribution in [0.3, 0.4) is 0 Å². The second-order valence-electron chi connectivity index (χ2n) is 22.9. The van der Waals surface area contributed by atoms with E-state index < -0.39 is 0 Å². The Kier molecular flexibility index (Phi) is 17.4. The monoisotopic (exact) mass is 1260 g/mol. The van der Waals surface area contributed by atoms with Crippen LogP contribution in [0.1, 0.15) is 50.5 Å². The number of imidazole rings is 3. The summed E-state index contributed by atoms with van der Waals surface area (Å²) in [5.41, 5.74) is 14.9. The van der Waals surface area contributed by atoms with Gasteiger partial charge in [-0.15, -0.1) is 4.98 Å². The van der Waals surface area contributed by atoms with Crippen molar-refractivity contribution in [2.24, 2.45) is 0 Å². The second kappa shape index (κ2) is 26.7. The number of para-hydroxylation sites is 1. The van der Waals surface area contributed by atoms with Crippen LogP contribution in [-0.2, 0) is 38.9 Å². The lowest BCUT2D eigenvalue weighted by atomic mass is 10.0. The number of aromatic nitrogens is 10. The number of fused-ring (bicyclic) bond motifs is 6. The Balaban J connectivity index is 0.000000128. The molecule has 3 aliphatic heterocycles. The molecule has 0 spiro atoms. The molecule has 10 heterocycles. The summed E-state index contributed by atoms with van der Waals surface area (Å²) in [6.07, 6.45) is 14.6. The molecule has 0 saturated heterocycles. The smallest absolute Gasteiger partial charge is 0.270 e. The molecule has 0 fully saturated rings. The van der Waals surface area contributed by atoms with Gasteiger partial charge in [-0.25, -0.2) is 47.9 Å². The van der Waals surface area contributed by atoms with Crippen molar-refractivity contribution in [2.75, 3.05) is 63.0 Å². The Morgan fingerprint density at radius 2 is 0.968 bits per heavy atom. The fourth-order valence-corrected chi connectivity index (χ4v) is 11.8. The van der Waals surface area contributed by atoms with Crippen LogP contribution in [0.15, 0.2) is 140 Å². The molecular weight excluding hydrogens is 1200 g/mol. The molecule has 0 saturated carbocycles. The summed E-state index contributed by atoms with van der Waals surface area (Å²) in [6.45, 7) is 24.5.